The quantitative estimate of drug-likeness (QED) is 0.920. The highest BCUT2D eigenvalue weighted by Gasteiger charge is 2.39. The highest BCUT2D eigenvalue weighted by atomic mass is 79.9. The molecule has 4 nitrogen and oxygen atoms in total. The molecular formula is C15H19BrN2O2. The fourth-order valence-corrected chi connectivity index (χ4v) is 2.89. The summed E-state index contributed by atoms with van der Waals surface area (Å²) < 4.78 is 0.997. The molecule has 0 bridgehead atoms. The first-order chi connectivity index (χ1) is 9.41. The van der Waals surface area contributed by atoms with E-state index in [4.69, 9.17) is 0 Å². The number of benzene rings is 1. The standard InChI is InChI=1S/C15H19BrN2O2/c1-9(2)14-15(20)17-8-13(19)18(14)10(3)11-4-6-12(16)7-5-11/h4-7,9-10,14H,8H2,1-3H3,(H,17,20). The van der Waals surface area contributed by atoms with Crippen molar-refractivity contribution in [3.05, 3.63) is 34.3 Å². The molecule has 2 amide bonds. The fourth-order valence-electron chi connectivity index (χ4n) is 2.62. The van der Waals surface area contributed by atoms with Gasteiger partial charge in [-0.15, -0.1) is 0 Å². The van der Waals surface area contributed by atoms with Crippen molar-refractivity contribution < 1.29 is 9.59 Å². The Kier molecular flexibility index (Phi) is 4.48. The van der Waals surface area contributed by atoms with Crippen molar-refractivity contribution in [3.63, 3.8) is 0 Å². The first kappa shape index (κ1) is 15.0. The van der Waals surface area contributed by atoms with Gasteiger partial charge >= 0.3 is 0 Å². The lowest BCUT2D eigenvalue weighted by atomic mass is 9.95. The molecule has 1 fully saturated rings. The van der Waals surface area contributed by atoms with Crippen LogP contribution in [0.25, 0.3) is 0 Å². The minimum atomic E-state index is -0.408. The van der Waals surface area contributed by atoms with Crippen LogP contribution in [-0.2, 0) is 9.59 Å². The van der Waals surface area contributed by atoms with Gasteiger partial charge in [-0.1, -0.05) is 41.9 Å². The van der Waals surface area contributed by atoms with Crippen LogP contribution in [0, 0.1) is 5.92 Å². The van der Waals surface area contributed by atoms with Crippen LogP contribution in [0.5, 0.6) is 0 Å². The van der Waals surface area contributed by atoms with Gasteiger partial charge in [0.25, 0.3) is 0 Å². The Morgan fingerprint density at radius 1 is 1.20 bits per heavy atom. The van der Waals surface area contributed by atoms with Crippen molar-refractivity contribution in [2.45, 2.75) is 32.9 Å². The van der Waals surface area contributed by atoms with Crippen LogP contribution in [-0.4, -0.2) is 29.3 Å². The Labute approximate surface area is 127 Å². The molecule has 0 aliphatic carbocycles. The van der Waals surface area contributed by atoms with Gasteiger partial charge in [-0.05, 0) is 30.5 Å². The summed E-state index contributed by atoms with van der Waals surface area (Å²) in [5.74, 6) is -0.0144. The molecule has 1 aliphatic heterocycles. The Hall–Kier alpha value is -1.36. The largest absolute Gasteiger partial charge is 0.345 e. The molecule has 0 aromatic heterocycles. The maximum atomic E-state index is 12.2. The highest BCUT2D eigenvalue weighted by Crippen LogP contribution is 2.28. The number of rotatable bonds is 3. The van der Waals surface area contributed by atoms with Gasteiger partial charge in [0.2, 0.25) is 11.8 Å². The summed E-state index contributed by atoms with van der Waals surface area (Å²) in [5.41, 5.74) is 1.03. The van der Waals surface area contributed by atoms with E-state index in [1.807, 2.05) is 45.0 Å². The zero-order valence-electron chi connectivity index (χ0n) is 11.9. The smallest absolute Gasteiger partial charge is 0.243 e. The lowest BCUT2D eigenvalue weighted by molar-refractivity contribution is -0.150. The van der Waals surface area contributed by atoms with Gasteiger partial charge in [0, 0.05) is 4.47 Å². The molecule has 0 spiro atoms. The molecule has 1 aromatic rings. The van der Waals surface area contributed by atoms with Crippen LogP contribution in [0.1, 0.15) is 32.4 Å². The Morgan fingerprint density at radius 2 is 1.80 bits per heavy atom. The second-order valence-corrected chi connectivity index (χ2v) is 6.35. The molecule has 1 N–H and O–H groups in total. The van der Waals surface area contributed by atoms with Crippen molar-refractivity contribution in [2.75, 3.05) is 6.54 Å². The Balaban J connectivity index is 2.33. The molecule has 1 aromatic carbocycles. The van der Waals surface area contributed by atoms with E-state index in [2.05, 4.69) is 21.2 Å². The van der Waals surface area contributed by atoms with Gasteiger partial charge in [-0.3, -0.25) is 9.59 Å². The SMILES string of the molecule is CC(C)C1C(=O)NCC(=O)N1C(C)c1ccc(Br)cc1. The van der Waals surface area contributed by atoms with Crippen molar-refractivity contribution in [1.29, 1.82) is 0 Å². The number of nitrogens with one attached hydrogen (secondary N) is 1. The van der Waals surface area contributed by atoms with E-state index >= 15 is 0 Å². The van der Waals surface area contributed by atoms with Crippen LogP contribution >= 0.6 is 15.9 Å². The van der Waals surface area contributed by atoms with Gasteiger partial charge < -0.3 is 10.2 Å². The van der Waals surface area contributed by atoms with Crippen LogP contribution in [0.2, 0.25) is 0 Å². The summed E-state index contributed by atoms with van der Waals surface area (Å²) in [6.45, 7) is 5.98. The second kappa shape index (κ2) is 5.95. The third kappa shape index (κ3) is 2.87. The minimum absolute atomic E-state index is 0.0290. The molecule has 1 saturated heterocycles. The number of hydrogen-bond acceptors (Lipinski definition) is 2. The summed E-state index contributed by atoms with van der Waals surface area (Å²) in [6, 6.07) is 7.33. The van der Waals surface area contributed by atoms with E-state index in [-0.39, 0.29) is 30.3 Å². The summed E-state index contributed by atoms with van der Waals surface area (Å²) in [4.78, 5) is 26.0. The van der Waals surface area contributed by atoms with Gasteiger partial charge in [-0.2, -0.15) is 0 Å². The van der Waals surface area contributed by atoms with Gasteiger partial charge in [-0.25, -0.2) is 0 Å². The van der Waals surface area contributed by atoms with Gasteiger partial charge in [0.15, 0.2) is 0 Å². The van der Waals surface area contributed by atoms with E-state index in [9.17, 15) is 9.59 Å². The summed E-state index contributed by atoms with van der Waals surface area (Å²) in [6.07, 6.45) is 0. The molecule has 2 rings (SSSR count). The van der Waals surface area contributed by atoms with Crippen molar-refractivity contribution in [1.82, 2.24) is 10.2 Å². The monoisotopic (exact) mass is 338 g/mol. The van der Waals surface area contributed by atoms with Crippen molar-refractivity contribution in [2.24, 2.45) is 5.92 Å². The predicted octanol–water partition coefficient (Wildman–Crippen LogP) is 2.49. The average Bonchev–Trinajstić information content (AvgIpc) is 2.40. The highest BCUT2D eigenvalue weighted by molar-refractivity contribution is 9.10. The number of piperazine rings is 1. The van der Waals surface area contributed by atoms with E-state index in [0.29, 0.717) is 0 Å². The molecule has 20 heavy (non-hydrogen) atoms. The topological polar surface area (TPSA) is 49.4 Å². The third-order valence-corrected chi connectivity index (χ3v) is 4.20. The maximum absolute atomic E-state index is 12.2. The number of amides is 2. The van der Waals surface area contributed by atoms with Crippen LogP contribution in [0.4, 0.5) is 0 Å². The molecule has 0 radical (unpaired) electrons. The average molecular weight is 339 g/mol. The fraction of sp³-hybridized carbons (Fsp3) is 0.467. The number of nitrogens with zero attached hydrogens (tertiary/aromatic N) is 1. The van der Waals surface area contributed by atoms with E-state index in [0.717, 1.165) is 10.0 Å². The van der Waals surface area contributed by atoms with Gasteiger partial charge in [0.05, 0.1) is 12.6 Å². The molecule has 1 heterocycles. The summed E-state index contributed by atoms with van der Waals surface area (Å²) in [5, 5.41) is 2.67. The summed E-state index contributed by atoms with van der Waals surface area (Å²) >= 11 is 3.40. The first-order valence-electron chi connectivity index (χ1n) is 6.76. The van der Waals surface area contributed by atoms with Crippen LogP contribution in [0.3, 0.4) is 0 Å². The minimum Gasteiger partial charge on any atom is -0.345 e. The molecular weight excluding hydrogens is 320 g/mol. The van der Waals surface area contributed by atoms with Gasteiger partial charge in [0.1, 0.15) is 6.04 Å². The Morgan fingerprint density at radius 3 is 2.35 bits per heavy atom. The lowest BCUT2D eigenvalue weighted by Crippen LogP contribution is -2.60. The number of hydrogen-bond donors (Lipinski definition) is 1. The first-order valence-corrected chi connectivity index (χ1v) is 7.55. The van der Waals surface area contributed by atoms with E-state index in [1.165, 1.54) is 0 Å². The molecule has 5 heteroatoms. The molecule has 108 valence electrons. The molecule has 2 atom stereocenters. The van der Waals surface area contributed by atoms with Crippen LogP contribution < -0.4 is 5.32 Å². The van der Waals surface area contributed by atoms with E-state index < -0.39 is 6.04 Å². The third-order valence-electron chi connectivity index (χ3n) is 3.67. The Bertz CT molecular complexity index is 513. The zero-order chi connectivity index (χ0) is 14.9. The normalized spacial score (nSPS) is 21.1. The molecule has 2 unspecified atom stereocenters. The van der Waals surface area contributed by atoms with E-state index in [1.54, 1.807) is 4.90 Å². The second-order valence-electron chi connectivity index (χ2n) is 5.44. The van der Waals surface area contributed by atoms with Crippen molar-refractivity contribution in [3.8, 4) is 0 Å². The number of halogens is 1. The van der Waals surface area contributed by atoms with Crippen LogP contribution in [0.15, 0.2) is 28.7 Å². The van der Waals surface area contributed by atoms with Crippen molar-refractivity contribution >= 4 is 27.7 Å². The number of carbonyl (C=O) groups excluding carboxylic acids is 2. The predicted molar refractivity (Wildman–Crippen MR) is 81.0 cm³/mol. The maximum Gasteiger partial charge on any atom is 0.243 e. The lowest BCUT2D eigenvalue weighted by Gasteiger charge is -2.41. The molecule has 1 aliphatic rings. The zero-order valence-corrected chi connectivity index (χ0v) is 13.5. The summed E-state index contributed by atoms with van der Waals surface area (Å²) in [7, 11) is 0. The number of carbonyl (C=O) groups is 2. The molecule has 0 saturated carbocycles.